The molecule has 146 valence electrons. The number of halogens is 2. The number of imidazole rings is 1. The highest BCUT2D eigenvalue weighted by Crippen LogP contribution is 2.32. The van der Waals surface area contributed by atoms with Crippen LogP contribution >= 0.6 is 11.6 Å². The Hall–Kier alpha value is -2.96. The normalized spacial score (nSPS) is 14.1. The predicted octanol–water partition coefficient (Wildman–Crippen LogP) is 4.31. The number of nitrogens with one attached hydrogen (secondary N) is 1. The second kappa shape index (κ2) is 7.46. The van der Waals surface area contributed by atoms with E-state index in [1.54, 1.807) is 24.7 Å². The number of anilines is 1. The summed E-state index contributed by atoms with van der Waals surface area (Å²) in [7, 11) is 0. The van der Waals surface area contributed by atoms with Crippen molar-refractivity contribution in [2.75, 3.05) is 24.7 Å². The van der Waals surface area contributed by atoms with E-state index in [0.717, 1.165) is 53.3 Å². The average Bonchev–Trinajstić information content (AvgIpc) is 3.39. The molecular weight excluding hydrogens is 389 g/mol. The van der Waals surface area contributed by atoms with Gasteiger partial charge in [0, 0.05) is 31.4 Å². The minimum absolute atomic E-state index is 0.236. The molecule has 2 aromatic heterocycles. The zero-order valence-electron chi connectivity index (χ0n) is 15.6. The number of nitrogens with zero attached hydrogens (tertiary/aromatic N) is 4. The third-order valence-electron chi connectivity index (χ3n) is 5.20. The Kier molecular flexibility index (Phi) is 4.66. The summed E-state index contributed by atoms with van der Waals surface area (Å²) in [4.78, 5) is 11.2. The lowest BCUT2D eigenvalue weighted by Crippen LogP contribution is -2.22. The van der Waals surface area contributed by atoms with Crippen molar-refractivity contribution in [1.82, 2.24) is 19.9 Å². The summed E-state index contributed by atoms with van der Waals surface area (Å²) in [6.07, 6.45) is 3.49. The van der Waals surface area contributed by atoms with Gasteiger partial charge in [-0.2, -0.15) is 0 Å². The summed E-state index contributed by atoms with van der Waals surface area (Å²) < 4.78 is 15.6. The molecule has 7 heteroatoms. The molecule has 0 amide bonds. The fourth-order valence-electron chi connectivity index (χ4n) is 3.71. The van der Waals surface area contributed by atoms with Crippen molar-refractivity contribution in [3.05, 3.63) is 77.5 Å². The van der Waals surface area contributed by atoms with Crippen molar-refractivity contribution in [1.29, 1.82) is 0 Å². The Balaban J connectivity index is 1.54. The van der Waals surface area contributed by atoms with Gasteiger partial charge in [0.1, 0.15) is 11.6 Å². The lowest BCUT2D eigenvalue weighted by atomic mass is 10.1. The molecule has 1 aliphatic rings. The Morgan fingerprint density at radius 1 is 1.10 bits per heavy atom. The summed E-state index contributed by atoms with van der Waals surface area (Å²) >= 11 is 6.49. The van der Waals surface area contributed by atoms with Gasteiger partial charge in [0.25, 0.3) is 0 Å². The molecule has 1 saturated heterocycles. The molecule has 1 N–H and O–H groups in total. The quantitative estimate of drug-likeness (QED) is 0.547. The monoisotopic (exact) mass is 407 g/mol. The van der Waals surface area contributed by atoms with Crippen LogP contribution in [0.5, 0.6) is 0 Å². The molecule has 5 rings (SSSR count). The van der Waals surface area contributed by atoms with Crippen molar-refractivity contribution in [2.24, 2.45) is 0 Å². The SMILES string of the molecule is Fc1cccc(Cn2cnc3ccc(-c4cc(N5CCNC5)ncc4Cl)cc32)c1. The molecule has 29 heavy (non-hydrogen) atoms. The van der Waals surface area contributed by atoms with E-state index >= 15 is 0 Å². The van der Waals surface area contributed by atoms with Gasteiger partial charge < -0.3 is 9.47 Å². The summed E-state index contributed by atoms with van der Waals surface area (Å²) in [6, 6.07) is 14.8. The molecule has 2 aromatic carbocycles. The molecule has 0 unspecified atom stereocenters. The van der Waals surface area contributed by atoms with Gasteiger partial charge in [-0.3, -0.25) is 5.32 Å². The fourth-order valence-corrected chi connectivity index (χ4v) is 3.92. The molecule has 0 bridgehead atoms. The third-order valence-corrected chi connectivity index (χ3v) is 5.50. The van der Waals surface area contributed by atoms with E-state index in [4.69, 9.17) is 11.6 Å². The van der Waals surface area contributed by atoms with Crippen LogP contribution in [0.25, 0.3) is 22.2 Å². The summed E-state index contributed by atoms with van der Waals surface area (Å²) in [5, 5.41) is 3.92. The summed E-state index contributed by atoms with van der Waals surface area (Å²) in [5.41, 5.74) is 4.69. The van der Waals surface area contributed by atoms with Crippen molar-refractivity contribution >= 4 is 28.5 Å². The highest BCUT2D eigenvalue weighted by atomic mass is 35.5. The Morgan fingerprint density at radius 2 is 2.03 bits per heavy atom. The zero-order valence-corrected chi connectivity index (χ0v) is 16.4. The van der Waals surface area contributed by atoms with E-state index in [1.165, 1.54) is 6.07 Å². The van der Waals surface area contributed by atoms with Gasteiger partial charge in [-0.1, -0.05) is 29.8 Å². The van der Waals surface area contributed by atoms with Crippen molar-refractivity contribution in [2.45, 2.75) is 6.54 Å². The van der Waals surface area contributed by atoms with Gasteiger partial charge in [0.05, 0.1) is 29.1 Å². The molecule has 0 spiro atoms. The third kappa shape index (κ3) is 3.57. The standard InChI is InChI=1S/C22H19ClFN5/c23-19-11-26-22(28-7-6-25-13-28)10-18(19)16-4-5-20-21(9-16)29(14-27-20)12-15-2-1-3-17(24)8-15/h1-5,8-11,14,25H,6-7,12-13H2. The number of hydrogen-bond acceptors (Lipinski definition) is 4. The van der Waals surface area contributed by atoms with Gasteiger partial charge in [-0.15, -0.1) is 0 Å². The Bertz CT molecular complexity index is 1180. The van der Waals surface area contributed by atoms with Gasteiger partial charge in [-0.25, -0.2) is 14.4 Å². The van der Waals surface area contributed by atoms with Gasteiger partial charge in [0.2, 0.25) is 0 Å². The smallest absolute Gasteiger partial charge is 0.130 e. The second-order valence-corrected chi connectivity index (χ2v) is 7.56. The molecular formula is C22H19ClFN5. The van der Waals surface area contributed by atoms with Crippen molar-refractivity contribution in [3.8, 4) is 11.1 Å². The van der Waals surface area contributed by atoms with Crippen molar-refractivity contribution in [3.63, 3.8) is 0 Å². The number of pyridine rings is 1. The molecule has 3 heterocycles. The van der Waals surface area contributed by atoms with Crippen LogP contribution in [-0.4, -0.2) is 34.3 Å². The highest BCUT2D eigenvalue weighted by Gasteiger charge is 2.16. The van der Waals surface area contributed by atoms with Gasteiger partial charge in [-0.05, 0) is 41.5 Å². The summed E-state index contributed by atoms with van der Waals surface area (Å²) in [6.45, 7) is 3.21. The molecule has 0 radical (unpaired) electrons. The molecule has 0 atom stereocenters. The number of aromatic nitrogens is 3. The van der Waals surface area contributed by atoms with Crippen LogP contribution in [0.3, 0.4) is 0 Å². The van der Waals surface area contributed by atoms with Gasteiger partial charge >= 0.3 is 0 Å². The largest absolute Gasteiger partial charge is 0.343 e. The van der Waals surface area contributed by atoms with E-state index in [9.17, 15) is 4.39 Å². The first-order valence-electron chi connectivity index (χ1n) is 9.48. The van der Waals surface area contributed by atoms with Gasteiger partial charge in [0.15, 0.2) is 0 Å². The topological polar surface area (TPSA) is 46.0 Å². The Morgan fingerprint density at radius 3 is 2.86 bits per heavy atom. The minimum Gasteiger partial charge on any atom is -0.343 e. The van der Waals surface area contributed by atoms with Crippen LogP contribution in [-0.2, 0) is 6.54 Å². The first-order chi connectivity index (χ1) is 14.2. The molecule has 0 saturated carbocycles. The molecule has 0 aliphatic carbocycles. The first-order valence-corrected chi connectivity index (χ1v) is 9.86. The fraction of sp³-hybridized carbons (Fsp3) is 0.182. The number of rotatable bonds is 4. The predicted molar refractivity (Wildman–Crippen MR) is 114 cm³/mol. The number of benzene rings is 2. The van der Waals surface area contributed by atoms with Crippen LogP contribution in [0.15, 0.2) is 61.1 Å². The zero-order chi connectivity index (χ0) is 19.8. The maximum absolute atomic E-state index is 13.6. The average molecular weight is 408 g/mol. The number of fused-ring (bicyclic) bond motifs is 1. The van der Waals surface area contributed by atoms with E-state index in [2.05, 4.69) is 26.3 Å². The summed E-state index contributed by atoms with van der Waals surface area (Å²) in [5.74, 6) is 0.669. The van der Waals surface area contributed by atoms with E-state index in [1.807, 2.05) is 28.8 Å². The van der Waals surface area contributed by atoms with Crippen LogP contribution in [0.4, 0.5) is 10.2 Å². The van der Waals surface area contributed by atoms with E-state index < -0.39 is 0 Å². The highest BCUT2D eigenvalue weighted by molar-refractivity contribution is 6.33. The van der Waals surface area contributed by atoms with E-state index in [0.29, 0.717) is 11.6 Å². The number of hydrogen-bond donors (Lipinski definition) is 1. The maximum Gasteiger partial charge on any atom is 0.130 e. The molecule has 1 fully saturated rings. The van der Waals surface area contributed by atoms with Crippen LogP contribution in [0.2, 0.25) is 5.02 Å². The van der Waals surface area contributed by atoms with Crippen LogP contribution < -0.4 is 10.2 Å². The lowest BCUT2D eigenvalue weighted by Gasteiger charge is -2.17. The molecule has 1 aliphatic heterocycles. The minimum atomic E-state index is -0.236. The molecule has 4 aromatic rings. The Labute approximate surface area is 172 Å². The molecule has 5 nitrogen and oxygen atoms in total. The van der Waals surface area contributed by atoms with Crippen molar-refractivity contribution < 1.29 is 4.39 Å². The van der Waals surface area contributed by atoms with Crippen LogP contribution in [0, 0.1) is 5.82 Å². The second-order valence-electron chi connectivity index (χ2n) is 7.15. The van der Waals surface area contributed by atoms with E-state index in [-0.39, 0.29) is 5.82 Å². The first kappa shape index (κ1) is 18.1. The maximum atomic E-state index is 13.6. The van der Waals surface area contributed by atoms with Crippen LogP contribution in [0.1, 0.15) is 5.56 Å². The lowest BCUT2D eigenvalue weighted by molar-refractivity contribution is 0.624.